The number of piperidine rings is 1. The van der Waals surface area contributed by atoms with E-state index in [2.05, 4.69) is 5.32 Å². The third-order valence-corrected chi connectivity index (χ3v) is 3.97. The van der Waals surface area contributed by atoms with Gasteiger partial charge in [0.25, 0.3) is 0 Å². The molecule has 1 saturated carbocycles. The average Bonchev–Trinajstić information content (AvgIpc) is 3.21. The van der Waals surface area contributed by atoms with E-state index in [1.807, 2.05) is 6.92 Å². The van der Waals surface area contributed by atoms with E-state index in [4.69, 9.17) is 4.74 Å². The molecule has 0 aromatic carbocycles. The normalized spacial score (nSPS) is 26.8. The Morgan fingerprint density at radius 3 is 2.68 bits per heavy atom. The molecule has 108 valence electrons. The molecule has 0 bridgehead atoms. The summed E-state index contributed by atoms with van der Waals surface area (Å²) >= 11 is 0. The van der Waals surface area contributed by atoms with Crippen LogP contribution < -0.4 is 5.32 Å². The predicted octanol–water partition coefficient (Wildman–Crippen LogP) is 0.930. The molecule has 1 saturated heterocycles. The monoisotopic (exact) mass is 268 g/mol. The Bertz CT molecular complexity index is 347. The molecule has 0 aromatic heterocycles. The van der Waals surface area contributed by atoms with Crippen LogP contribution in [0.2, 0.25) is 0 Å². The Kier molecular flexibility index (Phi) is 4.45. The van der Waals surface area contributed by atoms with Gasteiger partial charge in [0.05, 0.1) is 12.0 Å². The number of amides is 1. The largest absolute Gasteiger partial charge is 0.465 e. The lowest BCUT2D eigenvalue weighted by Gasteiger charge is -2.37. The van der Waals surface area contributed by atoms with Crippen molar-refractivity contribution in [2.45, 2.75) is 45.6 Å². The number of nitrogens with one attached hydrogen (secondary N) is 1. The van der Waals surface area contributed by atoms with Crippen LogP contribution >= 0.6 is 0 Å². The number of nitrogens with zero attached hydrogens (tertiary/aromatic N) is 1. The van der Waals surface area contributed by atoms with Crippen molar-refractivity contribution in [1.29, 1.82) is 0 Å². The van der Waals surface area contributed by atoms with Gasteiger partial charge in [0.1, 0.15) is 6.54 Å². The summed E-state index contributed by atoms with van der Waals surface area (Å²) in [6, 6.07) is 0.246. The minimum atomic E-state index is -0.368. The van der Waals surface area contributed by atoms with Crippen LogP contribution in [0.25, 0.3) is 0 Å². The third kappa shape index (κ3) is 3.47. The van der Waals surface area contributed by atoms with Crippen LogP contribution in [-0.4, -0.2) is 49.1 Å². The summed E-state index contributed by atoms with van der Waals surface area (Å²) in [7, 11) is 0. The molecule has 0 aromatic rings. The molecule has 0 radical (unpaired) electrons. The van der Waals surface area contributed by atoms with Crippen LogP contribution in [0.3, 0.4) is 0 Å². The first kappa shape index (κ1) is 14.3. The molecule has 2 fully saturated rings. The highest BCUT2D eigenvalue weighted by Gasteiger charge is 2.43. The fraction of sp³-hybridized carbons (Fsp3) is 0.857. The zero-order valence-corrected chi connectivity index (χ0v) is 11.9. The van der Waals surface area contributed by atoms with Crippen molar-refractivity contribution in [2.75, 3.05) is 26.2 Å². The van der Waals surface area contributed by atoms with Gasteiger partial charge < -0.3 is 15.0 Å². The zero-order chi connectivity index (χ0) is 13.9. The molecule has 1 atom stereocenters. The fourth-order valence-corrected chi connectivity index (χ4v) is 2.68. The highest BCUT2D eigenvalue weighted by molar-refractivity contribution is 5.87. The summed E-state index contributed by atoms with van der Waals surface area (Å²) in [5, 5.41) is 3.29. The van der Waals surface area contributed by atoms with Gasteiger partial charge in [0, 0.05) is 12.6 Å². The van der Waals surface area contributed by atoms with Gasteiger partial charge in [-0.3, -0.25) is 9.59 Å². The first-order valence-electron chi connectivity index (χ1n) is 7.24. The van der Waals surface area contributed by atoms with Crippen molar-refractivity contribution in [3.8, 4) is 0 Å². The number of ether oxygens (including phenoxy) is 1. The van der Waals surface area contributed by atoms with Gasteiger partial charge in [-0.2, -0.15) is 0 Å². The van der Waals surface area contributed by atoms with Crippen LogP contribution in [-0.2, 0) is 14.3 Å². The summed E-state index contributed by atoms with van der Waals surface area (Å²) < 4.78 is 4.97. The van der Waals surface area contributed by atoms with E-state index in [9.17, 15) is 9.59 Å². The van der Waals surface area contributed by atoms with Gasteiger partial charge in [-0.15, -0.1) is 0 Å². The molecule has 1 N–H and O–H groups in total. The molecular formula is C14H24N2O3. The molecular weight excluding hydrogens is 244 g/mol. The SMILES string of the molecule is CCOC(=O)CN(C(=O)C1(C)CCCNC1)C1CC1. The van der Waals surface area contributed by atoms with Crippen molar-refractivity contribution in [1.82, 2.24) is 10.2 Å². The summed E-state index contributed by atoms with van der Waals surface area (Å²) in [5.74, 6) is -0.189. The molecule has 1 unspecified atom stereocenters. The van der Waals surface area contributed by atoms with Gasteiger partial charge in [-0.1, -0.05) is 0 Å². The molecule has 1 amide bonds. The van der Waals surface area contributed by atoms with E-state index in [0.29, 0.717) is 13.2 Å². The maximum absolute atomic E-state index is 12.7. The van der Waals surface area contributed by atoms with Crippen molar-refractivity contribution in [3.63, 3.8) is 0 Å². The van der Waals surface area contributed by atoms with Crippen LogP contribution in [0.1, 0.15) is 39.5 Å². The van der Waals surface area contributed by atoms with Crippen molar-refractivity contribution >= 4 is 11.9 Å². The first-order valence-corrected chi connectivity index (χ1v) is 7.24. The topological polar surface area (TPSA) is 58.6 Å². The minimum absolute atomic E-state index is 0.104. The third-order valence-electron chi connectivity index (χ3n) is 3.97. The number of carbonyl (C=O) groups excluding carboxylic acids is 2. The lowest BCUT2D eigenvalue weighted by atomic mass is 9.81. The molecule has 1 aliphatic carbocycles. The van der Waals surface area contributed by atoms with Gasteiger partial charge >= 0.3 is 5.97 Å². The molecule has 5 heteroatoms. The lowest BCUT2D eigenvalue weighted by molar-refractivity contribution is -0.153. The quantitative estimate of drug-likeness (QED) is 0.754. The highest BCUT2D eigenvalue weighted by Crippen LogP contribution is 2.34. The highest BCUT2D eigenvalue weighted by atomic mass is 16.5. The number of esters is 1. The maximum atomic E-state index is 12.7. The van der Waals surface area contributed by atoms with Crippen LogP contribution in [0.5, 0.6) is 0 Å². The Morgan fingerprint density at radius 2 is 2.16 bits per heavy atom. The van der Waals surface area contributed by atoms with Gasteiger partial charge in [0.2, 0.25) is 5.91 Å². The van der Waals surface area contributed by atoms with E-state index < -0.39 is 0 Å². The van der Waals surface area contributed by atoms with E-state index in [1.165, 1.54) is 0 Å². The van der Waals surface area contributed by atoms with Gasteiger partial charge in [-0.25, -0.2) is 0 Å². The van der Waals surface area contributed by atoms with E-state index in [1.54, 1.807) is 11.8 Å². The standard InChI is InChI=1S/C14H24N2O3/c1-3-19-12(17)9-16(11-5-6-11)13(18)14(2)7-4-8-15-10-14/h11,15H,3-10H2,1-2H3. The molecule has 2 aliphatic rings. The Labute approximate surface area is 114 Å². The summed E-state index contributed by atoms with van der Waals surface area (Å²) in [6.45, 7) is 5.94. The summed E-state index contributed by atoms with van der Waals surface area (Å²) in [6.07, 6.45) is 3.92. The van der Waals surface area contributed by atoms with Crippen LogP contribution in [0.4, 0.5) is 0 Å². The molecule has 5 nitrogen and oxygen atoms in total. The zero-order valence-electron chi connectivity index (χ0n) is 11.9. The smallest absolute Gasteiger partial charge is 0.325 e. The van der Waals surface area contributed by atoms with Crippen molar-refractivity contribution in [3.05, 3.63) is 0 Å². The Balaban J connectivity index is 2.01. The molecule has 1 heterocycles. The lowest BCUT2D eigenvalue weighted by Crippen LogP contribution is -2.52. The predicted molar refractivity (Wildman–Crippen MR) is 71.6 cm³/mol. The molecule has 2 rings (SSSR count). The van der Waals surface area contributed by atoms with Gasteiger partial charge in [-0.05, 0) is 46.1 Å². The van der Waals surface area contributed by atoms with E-state index >= 15 is 0 Å². The second-order valence-corrected chi connectivity index (χ2v) is 5.81. The van der Waals surface area contributed by atoms with Crippen LogP contribution in [0, 0.1) is 5.41 Å². The molecule has 0 spiro atoms. The second kappa shape index (κ2) is 5.90. The number of rotatable bonds is 5. The molecule has 19 heavy (non-hydrogen) atoms. The van der Waals surface area contributed by atoms with Gasteiger partial charge in [0.15, 0.2) is 0 Å². The minimum Gasteiger partial charge on any atom is -0.465 e. The van der Waals surface area contributed by atoms with Crippen LogP contribution in [0.15, 0.2) is 0 Å². The first-order chi connectivity index (χ1) is 9.07. The molecule has 1 aliphatic heterocycles. The van der Waals surface area contributed by atoms with E-state index in [-0.39, 0.29) is 29.9 Å². The Hall–Kier alpha value is -1.10. The number of hydrogen-bond acceptors (Lipinski definition) is 4. The number of hydrogen-bond donors (Lipinski definition) is 1. The second-order valence-electron chi connectivity index (χ2n) is 5.81. The Morgan fingerprint density at radius 1 is 1.42 bits per heavy atom. The number of carbonyl (C=O) groups is 2. The van der Waals surface area contributed by atoms with Crippen molar-refractivity contribution in [2.24, 2.45) is 5.41 Å². The summed E-state index contributed by atoms with van der Waals surface area (Å²) in [5.41, 5.74) is -0.368. The fourth-order valence-electron chi connectivity index (χ4n) is 2.68. The maximum Gasteiger partial charge on any atom is 0.325 e. The van der Waals surface area contributed by atoms with Crippen molar-refractivity contribution < 1.29 is 14.3 Å². The summed E-state index contributed by atoms with van der Waals surface area (Å²) in [4.78, 5) is 26.1. The van der Waals surface area contributed by atoms with E-state index in [0.717, 1.165) is 32.2 Å². The average molecular weight is 268 g/mol.